The summed E-state index contributed by atoms with van der Waals surface area (Å²) in [4.78, 5) is 14.4. The molecule has 4 rings (SSSR count). The number of carbonyl (C=O) groups is 1. The Bertz CT molecular complexity index is 879. The van der Waals surface area contributed by atoms with Crippen molar-refractivity contribution in [1.29, 1.82) is 5.26 Å². The van der Waals surface area contributed by atoms with Gasteiger partial charge in [0.25, 0.3) is 0 Å². The third kappa shape index (κ3) is 3.11. The van der Waals surface area contributed by atoms with Gasteiger partial charge in [-0.1, -0.05) is 12.1 Å². The van der Waals surface area contributed by atoms with Gasteiger partial charge < -0.3 is 14.4 Å². The van der Waals surface area contributed by atoms with Gasteiger partial charge in [-0.15, -0.1) is 0 Å². The molecule has 1 fully saturated rings. The van der Waals surface area contributed by atoms with Gasteiger partial charge in [0.05, 0.1) is 25.3 Å². The zero-order valence-electron chi connectivity index (χ0n) is 14.7. The quantitative estimate of drug-likeness (QED) is 0.853. The summed E-state index contributed by atoms with van der Waals surface area (Å²) in [7, 11) is 1.62. The second-order valence-electron chi connectivity index (χ2n) is 6.74. The summed E-state index contributed by atoms with van der Waals surface area (Å²) in [6, 6.07) is 13.6. The molecule has 0 spiro atoms. The third-order valence-electron chi connectivity index (χ3n) is 4.91. The number of rotatable bonds is 3. The molecule has 2 aliphatic rings. The molecular formula is C21H20N2O3. The molecule has 0 unspecified atom stereocenters. The van der Waals surface area contributed by atoms with Gasteiger partial charge in [0.1, 0.15) is 6.61 Å². The molecule has 1 amide bonds. The first-order valence-corrected chi connectivity index (χ1v) is 8.82. The molecule has 2 aromatic carbocycles. The highest BCUT2D eigenvalue weighted by molar-refractivity contribution is 5.81. The van der Waals surface area contributed by atoms with E-state index < -0.39 is 0 Å². The number of benzene rings is 2. The van der Waals surface area contributed by atoms with Crippen LogP contribution in [0, 0.1) is 17.2 Å². The van der Waals surface area contributed by atoms with E-state index in [1.54, 1.807) is 19.2 Å². The maximum Gasteiger partial charge on any atom is 0.226 e. The first-order chi connectivity index (χ1) is 12.7. The summed E-state index contributed by atoms with van der Waals surface area (Å²) in [5.41, 5.74) is 3.55. The summed E-state index contributed by atoms with van der Waals surface area (Å²) in [5, 5.41) is 8.98. The highest BCUT2D eigenvalue weighted by Crippen LogP contribution is 2.39. The highest BCUT2D eigenvalue weighted by atomic mass is 16.5. The van der Waals surface area contributed by atoms with E-state index >= 15 is 0 Å². The average molecular weight is 348 g/mol. The van der Waals surface area contributed by atoms with Crippen LogP contribution in [0.5, 0.6) is 11.5 Å². The lowest BCUT2D eigenvalue weighted by atomic mass is 10.00. The summed E-state index contributed by atoms with van der Waals surface area (Å²) in [5.74, 6) is 1.81. The van der Waals surface area contributed by atoms with Crippen molar-refractivity contribution in [3.8, 4) is 28.7 Å². The summed E-state index contributed by atoms with van der Waals surface area (Å²) >= 11 is 0. The van der Waals surface area contributed by atoms with Crippen LogP contribution in [0.2, 0.25) is 0 Å². The highest BCUT2D eigenvalue weighted by Gasteiger charge is 2.34. The maximum absolute atomic E-state index is 12.5. The molecule has 1 saturated carbocycles. The van der Waals surface area contributed by atoms with Gasteiger partial charge in [-0.25, -0.2) is 0 Å². The van der Waals surface area contributed by atoms with Gasteiger partial charge in [0.15, 0.2) is 11.5 Å². The van der Waals surface area contributed by atoms with Crippen molar-refractivity contribution in [1.82, 2.24) is 4.90 Å². The predicted molar refractivity (Wildman–Crippen MR) is 96.8 cm³/mol. The molecule has 5 heteroatoms. The van der Waals surface area contributed by atoms with Crippen LogP contribution in [0.3, 0.4) is 0 Å². The third-order valence-corrected chi connectivity index (χ3v) is 4.91. The van der Waals surface area contributed by atoms with Gasteiger partial charge in [-0.2, -0.15) is 5.26 Å². The number of carbonyl (C=O) groups excluding carboxylic acids is 1. The molecule has 132 valence electrons. The number of methoxy groups -OCH3 is 1. The van der Waals surface area contributed by atoms with E-state index in [1.807, 2.05) is 23.1 Å². The lowest BCUT2D eigenvalue weighted by Gasteiger charge is -2.20. The Balaban J connectivity index is 1.71. The number of nitriles is 1. The Morgan fingerprint density at radius 1 is 1.23 bits per heavy atom. The number of hydrogen-bond donors (Lipinski definition) is 0. The number of ether oxygens (including phenoxy) is 2. The van der Waals surface area contributed by atoms with Crippen LogP contribution in [0.25, 0.3) is 11.1 Å². The molecule has 0 atom stereocenters. The van der Waals surface area contributed by atoms with Gasteiger partial charge in [0, 0.05) is 18.0 Å². The molecule has 26 heavy (non-hydrogen) atoms. The number of hydrogen-bond acceptors (Lipinski definition) is 4. The topological polar surface area (TPSA) is 62.6 Å². The second kappa shape index (κ2) is 6.72. The zero-order chi connectivity index (χ0) is 18.1. The minimum Gasteiger partial charge on any atom is -0.493 e. The minimum absolute atomic E-state index is 0.195. The summed E-state index contributed by atoms with van der Waals surface area (Å²) in [6.45, 7) is 1.60. The van der Waals surface area contributed by atoms with Gasteiger partial charge in [-0.3, -0.25) is 4.79 Å². The van der Waals surface area contributed by atoms with E-state index in [1.165, 1.54) is 0 Å². The van der Waals surface area contributed by atoms with Crippen LogP contribution in [0.1, 0.15) is 24.0 Å². The summed E-state index contributed by atoms with van der Waals surface area (Å²) in [6.07, 6.45) is 2.00. The van der Waals surface area contributed by atoms with E-state index in [2.05, 4.69) is 12.1 Å². The average Bonchev–Trinajstić information content (AvgIpc) is 3.53. The van der Waals surface area contributed by atoms with Gasteiger partial charge in [0.2, 0.25) is 5.91 Å². The molecule has 1 heterocycles. The van der Waals surface area contributed by atoms with Crippen molar-refractivity contribution >= 4 is 5.91 Å². The number of amides is 1. The molecule has 0 saturated heterocycles. The van der Waals surface area contributed by atoms with Crippen molar-refractivity contribution in [3.05, 3.63) is 47.5 Å². The predicted octanol–water partition coefficient (Wildman–Crippen LogP) is 3.36. The maximum atomic E-state index is 12.5. The van der Waals surface area contributed by atoms with Gasteiger partial charge in [-0.05, 0) is 48.2 Å². The van der Waals surface area contributed by atoms with Crippen LogP contribution < -0.4 is 9.47 Å². The molecule has 0 radical (unpaired) electrons. The molecule has 0 bridgehead atoms. The lowest BCUT2D eigenvalue weighted by molar-refractivity contribution is -0.133. The number of fused-ring (bicyclic) bond motifs is 1. The van der Waals surface area contributed by atoms with Crippen LogP contribution in [-0.4, -0.2) is 31.1 Å². The van der Waals surface area contributed by atoms with E-state index in [0.717, 1.165) is 35.3 Å². The van der Waals surface area contributed by atoms with Gasteiger partial charge >= 0.3 is 0 Å². The fourth-order valence-electron chi connectivity index (χ4n) is 3.32. The largest absolute Gasteiger partial charge is 0.493 e. The first kappa shape index (κ1) is 16.5. The molecule has 2 aromatic rings. The standard InChI is InChI=1S/C21H20N2O3/c1-25-19-11-17(15-4-2-14(12-22)3-5-15)10-18-13-23(8-9-26-20(18)19)21(24)16-6-7-16/h2-5,10-11,16H,6-9,13H2,1H3. The van der Waals surface area contributed by atoms with E-state index in [4.69, 9.17) is 14.7 Å². The van der Waals surface area contributed by atoms with Crippen LogP contribution in [-0.2, 0) is 11.3 Å². The molecular weight excluding hydrogens is 328 g/mol. The van der Waals surface area contributed by atoms with Crippen molar-refractivity contribution in [2.45, 2.75) is 19.4 Å². The van der Waals surface area contributed by atoms with E-state index in [-0.39, 0.29) is 11.8 Å². The Labute approximate surface area is 152 Å². The van der Waals surface area contributed by atoms with Crippen molar-refractivity contribution < 1.29 is 14.3 Å². The fraction of sp³-hybridized carbons (Fsp3) is 0.333. The molecule has 1 aliphatic heterocycles. The Morgan fingerprint density at radius 3 is 2.65 bits per heavy atom. The van der Waals surface area contributed by atoms with E-state index in [0.29, 0.717) is 31.0 Å². The van der Waals surface area contributed by atoms with Crippen molar-refractivity contribution in [2.75, 3.05) is 20.3 Å². The van der Waals surface area contributed by atoms with Crippen molar-refractivity contribution in [2.24, 2.45) is 5.92 Å². The Morgan fingerprint density at radius 2 is 2.00 bits per heavy atom. The fourth-order valence-corrected chi connectivity index (χ4v) is 3.32. The minimum atomic E-state index is 0.195. The second-order valence-corrected chi connectivity index (χ2v) is 6.74. The smallest absolute Gasteiger partial charge is 0.226 e. The van der Waals surface area contributed by atoms with Crippen LogP contribution in [0.4, 0.5) is 0 Å². The van der Waals surface area contributed by atoms with Crippen molar-refractivity contribution in [3.63, 3.8) is 0 Å². The monoisotopic (exact) mass is 348 g/mol. The van der Waals surface area contributed by atoms with Crippen LogP contribution >= 0.6 is 0 Å². The molecule has 1 aliphatic carbocycles. The normalized spacial score (nSPS) is 16.1. The summed E-state index contributed by atoms with van der Waals surface area (Å²) < 4.78 is 11.5. The Kier molecular flexibility index (Phi) is 4.26. The zero-order valence-corrected chi connectivity index (χ0v) is 14.7. The first-order valence-electron chi connectivity index (χ1n) is 8.82. The SMILES string of the molecule is COc1cc(-c2ccc(C#N)cc2)cc2c1OCCN(C(=O)C1CC1)C2. The van der Waals surface area contributed by atoms with E-state index in [9.17, 15) is 4.79 Å². The Hall–Kier alpha value is -3.00. The van der Waals surface area contributed by atoms with Crippen LogP contribution in [0.15, 0.2) is 36.4 Å². The lowest BCUT2D eigenvalue weighted by Crippen LogP contribution is -2.33. The molecule has 0 aromatic heterocycles. The molecule has 5 nitrogen and oxygen atoms in total. The molecule has 0 N–H and O–H groups in total. The number of nitrogens with zero attached hydrogens (tertiary/aromatic N) is 2.